The molecule has 4 unspecified atom stereocenters. The summed E-state index contributed by atoms with van der Waals surface area (Å²) < 4.78 is 50.9. The van der Waals surface area contributed by atoms with Crippen LogP contribution < -0.4 is 28.4 Å². The Balaban J connectivity index is 0.000000168. The maximum atomic E-state index is 6.18. The number of halogens is 1. The van der Waals surface area contributed by atoms with Gasteiger partial charge in [-0.1, -0.05) is 25.5 Å². The van der Waals surface area contributed by atoms with Crippen LogP contribution in [0.2, 0.25) is 0 Å². The Morgan fingerprint density at radius 3 is 1.67 bits per heavy atom. The van der Waals surface area contributed by atoms with Crippen LogP contribution in [0.1, 0.15) is 49.5 Å². The van der Waals surface area contributed by atoms with Gasteiger partial charge >= 0.3 is 0 Å². The van der Waals surface area contributed by atoms with Crippen LogP contribution in [0.5, 0.6) is 34.5 Å². The first-order valence-corrected chi connectivity index (χ1v) is 16.9. The summed E-state index contributed by atoms with van der Waals surface area (Å²) in [5.74, 6) is 5.66. The van der Waals surface area contributed by atoms with Crippen molar-refractivity contribution in [3.8, 4) is 34.5 Å². The number of benzene rings is 3. The maximum Gasteiger partial charge on any atom is 0.231 e. The van der Waals surface area contributed by atoms with Gasteiger partial charge in [0.1, 0.15) is 11.5 Å². The Labute approximate surface area is 288 Å². The number of fused-ring (bicyclic) bond motifs is 3. The second-order valence-corrected chi connectivity index (χ2v) is 12.4. The van der Waals surface area contributed by atoms with E-state index in [-0.39, 0.29) is 38.2 Å². The zero-order valence-corrected chi connectivity index (χ0v) is 28.3. The van der Waals surface area contributed by atoms with Gasteiger partial charge in [0.05, 0.1) is 51.8 Å². The van der Waals surface area contributed by atoms with Crippen LogP contribution in [-0.2, 0) is 14.2 Å². The molecule has 0 radical (unpaired) electrons. The molecule has 10 nitrogen and oxygen atoms in total. The van der Waals surface area contributed by atoms with Gasteiger partial charge in [0.2, 0.25) is 13.6 Å². The van der Waals surface area contributed by atoms with Gasteiger partial charge in [0, 0.05) is 31.5 Å². The number of hydrogen-bond acceptors (Lipinski definition) is 10. The summed E-state index contributed by atoms with van der Waals surface area (Å²) in [6.07, 6.45) is 3.35. The highest BCUT2D eigenvalue weighted by molar-refractivity contribution is 5.85. The lowest BCUT2D eigenvalue weighted by Crippen LogP contribution is -2.37. The van der Waals surface area contributed by atoms with Crippen LogP contribution >= 0.6 is 12.4 Å². The summed E-state index contributed by atoms with van der Waals surface area (Å²) in [5, 5.41) is 0. The molecule has 5 heterocycles. The van der Waals surface area contributed by atoms with Crippen LogP contribution in [0.15, 0.2) is 60.7 Å². The monoisotopic (exact) mass is 683 g/mol. The van der Waals surface area contributed by atoms with Gasteiger partial charge in [-0.15, -0.1) is 12.4 Å². The van der Waals surface area contributed by atoms with E-state index < -0.39 is 0 Å². The Bertz CT molecular complexity index is 1380. The van der Waals surface area contributed by atoms with Gasteiger partial charge in [-0.25, -0.2) is 0 Å². The quantitative estimate of drug-likeness (QED) is 0.206. The molecule has 48 heavy (non-hydrogen) atoms. The lowest BCUT2D eigenvalue weighted by Gasteiger charge is -2.26. The first kappa shape index (κ1) is 34.5. The summed E-state index contributed by atoms with van der Waals surface area (Å²) in [6.45, 7) is 10.5. The maximum absolute atomic E-state index is 6.18. The van der Waals surface area contributed by atoms with Crippen LogP contribution in [0.4, 0.5) is 0 Å². The number of morpholine rings is 1. The Morgan fingerprint density at radius 1 is 0.646 bits per heavy atom. The zero-order chi connectivity index (χ0) is 31.8. The minimum Gasteiger partial charge on any atom is -0.494 e. The van der Waals surface area contributed by atoms with E-state index in [1.165, 1.54) is 0 Å². The minimum absolute atomic E-state index is 0. The number of nitrogens with zero attached hydrogens (tertiary/aromatic N) is 1. The smallest absolute Gasteiger partial charge is 0.231 e. The Morgan fingerprint density at radius 2 is 1.15 bits per heavy atom. The highest BCUT2D eigenvalue weighted by atomic mass is 35.5. The van der Waals surface area contributed by atoms with E-state index in [2.05, 4.69) is 24.0 Å². The minimum atomic E-state index is 0. The van der Waals surface area contributed by atoms with E-state index in [4.69, 9.17) is 42.6 Å². The van der Waals surface area contributed by atoms with E-state index in [9.17, 15) is 0 Å². The highest BCUT2D eigenvalue weighted by Gasteiger charge is 2.48. The van der Waals surface area contributed by atoms with Gasteiger partial charge in [-0.2, -0.15) is 0 Å². The second-order valence-electron chi connectivity index (χ2n) is 12.4. The molecular formula is C37H46ClNO9. The van der Waals surface area contributed by atoms with Gasteiger partial charge in [0.15, 0.2) is 23.0 Å². The average Bonchev–Trinajstić information content (AvgIpc) is 3.93. The fourth-order valence-electron chi connectivity index (χ4n) is 6.68. The third-order valence-electron chi connectivity index (χ3n) is 9.30. The lowest BCUT2D eigenvalue weighted by molar-refractivity contribution is 0.0192. The molecule has 3 saturated heterocycles. The molecule has 8 rings (SSSR count). The highest BCUT2D eigenvalue weighted by Crippen LogP contribution is 2.52. The van der Waals surface area contributed by atoms with Crippen molar-refractivity contribution in [2.45, 2.75) is 38.4 Å². The topological polar surface area (TPSA) is 86.3 Å². The van der Waals surface area contributed by atoms with E-state index in [1.54, 1.807) is 0 Å². The van der Waals surface area contributed by atoms with E-state index in [0.717, 1.165) is 111 Å². The Kier molecular flexibility index (Phi) is 12.1. The molecule has 3 aromatic rings. The molecule has 5 aliphatic heterocycles. The largest absolute Gasteiger partial charge is 0.494 e. The molecular weight excluding hydrogens is 638 g/mol. The molecule has 0 aliphatic carbocycles. The second kappa shape index (κ2) is 16.8. The molecule has 3 aromatic carbocycles. The van der Waals surface area contributed by atoms with Gasteiger partial charge in [-0.05, 0) is 72.5 Å². The van der Waals surface area contributed by atoms with Crippen molar-refractivity contribution in [1.29, 1.82) is 0 Å². The third-order valence-corrected chi connectivity index (χ3v) is 9.30. The molecule has 0 bridgehead atoms. The first-order valence-electron chi connectivity index (χ1n) is 16.9. The summed E-state index contributed by atoms with van der Waals surface area (Å²) in [4.78, 5) is 2.43. The molecule has 0 N–H and O–H groups in total. The SMILES string of the molecule is CCCCOc1ccc(OCCCN2CCOCC2)cc1.Cl.c1cc2c(cc1C1OCC3C(c4ccc5c(c4)OCO5)OCC13)OCO2. The molecule has 3 fully saturated rings. The predicted molar refractivity (Wildman–Crippen MR) is 181 cm³/mol. The van der Waals surface area contributed by atoms with Crippen LogP contribution in [0, 0.1) is 11.8 Å². The Hall–Kier alpha value is -3.41. The van der Waals surface area contributed by atoms with Crippen molar-refractivity contribution < 1.29 is 42.6 Å². The van der Waals surface area contributed by atoms with Crippen molar-refractivity contribution >= 4 is 12.4 Å². The molecule has 0 saturated carbocycles. The summed E-state index contributed by atoms with van der Waals surface area (Å²) in [6, 6.07) is 20.0. The van der Waals surface area contributed by atoms with Crippen LogP contribution in [0.3, 0.4) is 0 Å². The fraction of sp³-hybridized carbons (Fsp3) is 0.514. The van der Waals surface area contributed by atoms with Gasteiger partial charge < -0.3 is 42.6 Å². The average molecular weight is 684 g/mol. The molecule has 5 aliphatic rings. The fourth-order valence-corrected chi connectivity index (χ4v) is 6.68. The van der Waals surface area contributed by atoms with Crippen molar-refractivity contribution in [3.63, 3.8) is 0 Å². The number of ether oxygens (including phenoxy) is 9. The first-order chi connectivity index (χ1) is 23.2. The number of hydrogen-bond donors (Lipinski definition) is 0. The van der Waals surface area contributed by atoms with E-state index in [1.807, 2.05) is 48.5 Å². The third kappa shape index (κ3) is 8.23. The van der Waals surface area contributed by atoms with Gasteiger partial charge in [0.25, 0.3) is 0 Å². The number of rotatable bonds is 11. The normalized spacial score (nSPS) is 23.5. The molecule has 0 spiro atoms. The van der Waals surface area contributed by atoms with Crippen LogP contribution in [-0.4, -0.2) is 77.8 Å². The lowest BCUT2D eigenvalue weighted by atomic mass is 9.85. The standard InChI is InChI=1S/C20H18O6.C17H27NO3.ClH/c1-3-15-17(25-9-23-15)5-11(1)19-13-7-22-20(14(13)8-21-19)12-2-4-16-18(6-12)26-10-24-16;1-2-3-12-20-16-5-7-17(8-6-16)21-13-4-9-18-10-14-19-15-11-18;/h1-6,13-14,19-20H,7-10H2;5-8H,2-4,9-15H2,1H3;1H. The molecule has 260 valence electrons. The molecule has 0 aromatic heterocycles. The zero-order valence-electron chi connectivity index (χ0n) is 27.5. The molecule has 4 atom stereocenters. The molecule has 11 heteroatoms. The van der Waals surface area contributed by atoms with Crippen molar-refractivity contribution in [3.05, 3.63) is 71.8 Å². The van der Waals surface area contributed by atoms with Crippen molar-refractivity contribution in [2.75, 3.05) is 72.9 Å². The summed E-state index contributed by atoms with van der Waals surface area (Å²) >= 11 is 0. The van der Waals surface area contributed by atoms with Crippen molar-refractivity contribution in [2.24, 2.45) is 11.8 Å². The predicted octanol–water partition coefficient (Wildman–Crippen LogP) is 6.61. The van der Waals surface area contributed by atoms with Gasteiger partial charge in [-0.3, -0.25) is 4.90 Å². The summed E-state index contributed by atoms with van der Waals surface area (Å²) in [5.41, 5.74) is 2.24. The van der Waals surface area contributed by atoms with E-state index >= 15 is 0 Å². The number of unbranched alkanes of at least 4 members (excludes halogenated alkanes) is 1. The van der Waals surface area contributed by atoms with Crippen LogP contribution in [0.25, 0.3) is 0 Å². The molecule has 0 amide bonds. The van der Waals surface area contributed by atoms with E-state index in [0.29, 0.717) is 25.0 Å². The summed E-state index contributed by atoms with van der Waals surface area (Å²) in [7, 11) is 0. The van der Waals surface area contributed by atoms with Crippen molar-refractivity contribution in [1.82, 2.24) is 4.90 Å².